The second-order valence-electron chi connectivity index (χ2n) is 8.60. The first-order valence-corrected chi connectivity index (χ1v) is 11.6. The molecule has 0 atom stereocenters. The number of benzene rings is 3. The first-order valence-electron chi connectivity index (χ1n) is 11.6. The topological polar surface area (TPSA) is 31.6 Å². The highest BCUT2D eigenvalue weighted by molar-refractivity contribution is 5.84. The Morgan fingerprint density at radius 2 is 1.41 bits per heavy atom. The molecule has 3 aromatic carbocycles. The second-order valence-corrected chi connectivity index (χ2v) is 8.60. The third kappa shape index (κ3) is 4.29. The van der Waals surface area contributed by atoms with Gasteiger partial charge in [-0.2, -0.15) is 0 Å². The van der Waals surface area contributed by atoms with Gasteiger partial charge >= 0.3 is 0 Å². The van der Waals surface area contributed by atoms with Gasteiger partial charge in [0.1, 0.15) is 0 Å². The highest BCUT2D eigenvalue weighted by Crippen LogP contribution is 2.32. The van der Waals surface area contributed by atoms with E-state index in [1.807, 2.05) is 0 Å². The van der Waals surface area contributed by atoms with Gasteiger partial charge in [0.05, 0.1) is 11.6 Å². The number of hydrogen-bond acceptors (Lipinski definition) is 3. The molecule has 0 spiro atoms. The number of hydrogen-bond donors (Lipinski definition) is 1. The van der Waals surface area contributed by atoms with Crippen LogP contribution in [0.15, 0.2) is 91.1 Å². The highest BCUT2D eigenvalue weighted by Gasteiger charge is 2.20. The van der Waals surface area contributed by atoms with Crippen LogP contribution in [0.25, 0.3) is 10.9 Å². The van der Waals surface area contributed by atoms with Gasteiger partial charge in [-0.3, -0.25) is 4.90 Å². The number of nitrogens with zero attached hydrogens (tertiary/aromatic N) is 3. The van der Waals surface area contributed by atoms with Crippen molar-refractivity contribution in [3.05, 3.63) is 102 Å². The van der Waals surface area contributed by atoms with Gasteiger partial charge in [0.25, 0.3) is 0 Å². The second kappa shape index (κ2) is 9.60. The van der Waals surface area contributed by atoms with Crippen molar-refractivity contribution in [3.63, 3.8) is 0 Å². The Bertz CT molecular complexity index is 1090. The Balaban J connectivity index is 1.48. The lowest BCUT2D eigenvalue weighted by Gasteiger charge is -2.36. The molecular formula is C28H31N3O. The molecule has 0 bridgehead atoms. The van der Waals surface area contributed by atoms with Gasteiger partial charge in [-0.1, -0.05) is 66.7 Å². The van der Waals surface area contributed by atoms with Crippen molar-refractivity contribution < 1.29 is 5.11 Å². The molecular weight excluding hydrogens is 394 g/mol. The number of aliphatic hydroxyl groups is 1. The minimum atomic E-state index is 0.139. The van der Waals surface area contributed by atoms with Crippen molar-refractivity contribution in [2.75, 3.05) is 44.2 Å². The Morgan fingerprint density at radius 3 is 2.03 bits per heavy atom. The smallest absolute Gasteiger partial charge is 0.0839 e. The fourth-order valence-electron chi connectivity index (χ4n) is 4.87. The fraction of sp³-hybridized carbons (Fsp3) is 0.286. The molecule has 1 aromatic heterocycles. The average Bonchev–Trinajstić information content (AvgIpc) is 3.27. The Kier molecular flexibility index (Phi) is 6.24. The summed E-state index contributed by atoms with van der Waals surface area (Å²) >= 11 is 0. The molecule has 4 aromatic rings. The Hall–Kier alpha value is -3.08. The van der Waals surface area contributed by atoms with E-state index in [9.17, 15) is 0 Å². The summed E-state index contributed by atoms with van der Waals surface area (Å²) in [5.41, 5.74) is 5.14. The summed E-state index contributed by atoms with van der Waals surface area (Å²) in [5.74, 6) is 0. The lowest BCUT2D eigenvalue weighted by atomic mass is 9.98. The van der Waals surface area contributed by atoms with Gasteiger partial charge in [0, 0.05) is 51.2 Å². The summed E-state index contributed by atoms with van der Waals surface area (Å²) in [5, 5.41) is 10.4. The van der Waals surface area contributed by atoms with Crippen LogP contribution in [0.3, 0.4) is 0 Å². The molecule has 1 aliphatic heterocycles. The Morgan fingerprint density at radius 1 is 0.750 bits per heavy atom. The predicted octanol–water partition coefficient (Wildman–Crippen LogP) is 4.78. The summed E-state index contributed by atoms with van der Waals surface area (Å²) in [6.45, 7) is 5.42. The monoisotopic (exact) mass is 425 g/mol. The molecule has 164 valence electrons. The van der Waals surface area contributed by atoms with Gasteiger partial charge in [-0.25, -0.2) is 0 Å². The third-order valence-corrected chi connectivity index (χ3v) is 6.59. The molecule has 1 N–H and O–H groups in total. The van der Waals surface area contributed by atoms with E-state index < -0.39 is 0 Å². The standard InChI is InChI=1S/C28H31N3O/c32-21-7-15-29-17-19-30(20-18-29)26-13-12-23-14-16-31(27(23)22-26)28(24-8-3-1-4-9-24)25-10-5-2-6-11-25/h1-6,8-14,16,22,28,32H,7,15,17-21H2. The third-order valence-electron chi connectivity index (χ3n) is 6.59. The van der Waals surface area contributed by atoms with Crippen molar-refractivity contribution >= 4 is 16.6 Å². The maximum absolute atomic E-state index is 9.10. The zero-order chi connectivity index (χ0) is 21.8. The first kappa shape index (κ1) is 20.8. The number of anilines is 1. The van der Waals surface area contributed by atoms with E-state index in [2.05, 4.69) is 105 Å². The van der Waals surface area contributed by atoms with E-state index in [4.69, 9.17) is 5.11 Å². The normalized spacial score (nSPS) is 15.0. The molecule has 0 unspecified atom stereocenters. The number of fused-ring (bicyclic) bond motifs is 1. The number of piperazine rings is 1. The molecule has 1 saturated heterocycles. The van der Waals surface area contributed by atoms with Crippen molar-refractivity contribution in [1.82, 2.24) is 9.47 Å². The van der Waals surface area contributed by atoms with Crippen molar-refractivity contribution in [3.8, 4) is 0 Å². The van der Waals surface area contributed by atoms with Gasteiger partial charge in [0.15, 0.2) is 0 Å². The molecule has 4 heteroatoms. The van der Waals surface area contributed by atoms with Crippen LogP contribution in [-0.2, 0) is 0 Å². The molecule has 0 amide bonds. The zero-order valence-corrected chi connectivity index (χ0v) is 18.5. The number of aromatic nitrogens is 1. The molecule has 32 heavy (non-hydrogen) atoms. The summed E-state index contributed by atoms with van der Waals surface area (Å²) < 4.78 is 2.42. The molecule has 5 rings (SSSR count). The first-order chi connectivity index (χ1) is 15.8. The minimum absolute atomic E-state index is 0.139. The quantitative estimate of drug-likeness (QED) is 0.462. The van der Waals surface area contributed by atoms with Crippen LogP contribution in [0.5, 0.6) is 0 Å². The van der Waals surface area contributed by atoms with Crippen LogP contribution in [0, 0.1) is 0 Å². The summed E-state index contributed by atoms with van der Waals surface area (Å²) in [4.78, 5) is 4.95. The van der Waals surface area contributed by atoms with E-state index >= 15 is 0 Å². The number of rotatable bonds is 7. The van der Waals surface area contributed by atoms with Crippen LogP contribution in [0.2, 0.25) is 0 Å². The van der Waals surface area contributed by atoms with Gasteiger partial charge in [-0.15, -0.1) is 0 Å². The van der Waals surface area contributed by atoms with Gasteiger partial charge in [-0.05, 0) is 41.1 Å². The summed E-state index contributed by atoms with van der Waals surface area (Å²) in [6, 6.07) is 30.8. The highest BCUT2D eigenvalue weighted by atomic mass is 16.3. The predicted molar refractivity (Wildman–Crippen MR) is 132 cm³/mol. The molecule has 0 radical (unpaired) electrons. The molecule has 1 fully saturated rings. The fourth-order valence-corrected chi connectivity index (χ4v) is 4.87. The molecule has 4 nitrogen and oxygen atoms in total. The van der Waals surface area contributed by atoms with E-state index in [0.717, 1.165) is 39.1 Å². The molecule has 0 aliphatic carbocycles. The summed E-state index contributed by atoms with van der Waals surface area (Å²) in [6.07, 6.45) is 3.09. The van der Waals surface area contributed by atoms with E-state index in [1.54, 1.807) is 0 Å². The molecule has 2 heterocycles. The van der Waals surface area contributed by atoms with Crippen LogP contribution in [0.4, 0.5) is 5.69 Å². The largest absolute Gasteiger partial charge is 0.396 e. The zero-order valence-electron chi connectivity index (χ0n) is 18.5. The van der Waals surface area contributed by atoms with Crippen molar-refractivity contribution in [2.24, 2.45) is 0 Å². The van der Waals surface area contributed by atoms with Crippen LogP contribution in [-0.4, -0.2) is 53.9 Å². The number of aliphatic hydroxyl groups excluding tert-OH is 1. The maximum Gasteiger partial charge on any atom is 0.0839 e. The average molecular weight is 426 g/mol. The van der Waals surface area contributed by atoms with E-state index in [1.165, 1.54) is 27.7 Å². The van der Waals surface area contributed by atoms with Gasteiger partial charge < -0.3 is 14.6 Å². The lowest BCUT2D eigenvalue weighted by molar-refractivity contribution is 0.216. The molecule has 1 aliphatic rings. The van der Waals surface area contributed by atoms with Crippen LogP contribution < -0.4 is 4.90 Å². The maximum atomic E-state index is 9.10. The Labute approximate surface area is 190 Å². The van der Waals surface area contributed by atoms with E-state index in [0.29, 0.717) is 0 Å². The van der Waals surface area contributed by atoms with Crippen LogP contribution >= 0.6 is 0 Å². The summed E-state index contributed by atoms with van der Waals surface area (Å²) in [7, 11) is 0. The lowest BCUT2D eigenvalue weighted by Crippen LogP contribution is -2.46. The van der Waals surface area contributed by atoms with E-state index in [-0.39, 0.29) is 12.6 Å². The van der Waals surface area contributed by atoms with Crippen LogP contribution in [0.1, 0.15) is 23.6 Å². The molecule has 0 saturated carbocycles. The van der Waals surface area contributed by atoms with Crippen molar-refractivity contribution in [2.45, 2.75) is 12.5 Å². The minimum Gasteiger partial charge on any atom is -0.396 e. The SMILES string of the molecule is OCCCN1CCN(c2ccc3ccn(C(c4ccccc4)c4ccccc4)c3c2)CC1. The van der Waals surface area contributed by atoms with Gasteiger partial charge in [0.2, 0.25) is 0 Å². The van der Waals surface area contributed by atoms with Crippen molar-refractivity contribution in [1.29, 1.82) is 0 Å².